The number of likely N-dealkylation sites (tertiary alicyclic amines) is 1. The van der Waals surface area contributed by atoms with Crippen molar-refractivity contribution in [2.45, 2.75) is 38.3 Å². The number of amides is 1. The van der Waals surface area contributed by atoms with Crippen LogP contribution >= 0.6 is 0 Å². The van der Waals surface area contributed by atoms with Crippen LogP contribution < -0.4 is 5.32 Å². The minimum absolute atomic E-state index is 0.0759. The van der Waals surface area contributed by atoms with E-state index < -0.39 is 5.60 Å². The van der Waals surface area contributed by atoms with Gasteiger partial charge in [0.2, 0.25) is 5.91 Å². The average Bonchev–Trinajstić information content (AvgIpc) is 3.07. The summed E-state index contributed by atoms with van der Waals surface area (Å²) in [5.41, 5.74) is 1.74. The van der Waals surface area contributed by atoms with Crippen LogP contribution in [0.1, 0.15) is 37.3 Å². The highest BCUT2D eigenvalue weighted by atomic mass is 19.1. The Kier molecular flexibility index (Phi) is 5.21. The van der Waals surface area contributed by atoms with Crippen molar-refractivity contribution in [3.8, 4) is 0 Å². The van der Waals surface area contributed by atoms with Crippen molar-refractivity contribution in [2.75, 3.05) is 18.4 Å². The van der Waals surface area contributed by atoms with Crippen molar-refractivity contribution in [1.29, 1.82) is 0 Å². The molecule has 4 nitrogen and oxygen atoms in total. The van der Waals surface area contributed by atoms with Crippen LogP contribution in [0, 0.1) is 17.7 Å². The number of hydrogen-bond donors (Lipinski definition) is 2. The van der Waals surface area contributed by atoms with Crippen molar-refractivity contribution < 1.29 is 14.3 Å². The van der Waals surface area contributed by atoms with Gasteiger partial charge in [0, 0.05) is 38.2 Å². The Morgan fingerprint density at radius 3 is 2.75 bits per heavy atom. The largest absolute Gasteiger partial charge is 0.385 e. The highest BCUT2D eigenvalue weighted by molar-refractivity contribution is 5.88. The molecule has 0 unspecified atom stereocenters. The molecule has 3 atom stereocenters. The second-order valence-electron chi connectivity index (χ2n) is 8.27. The lowest BCUT2D eigenvalue weighted by Gasteiger charge is -2.41. The Balaban J connectivity index is 1.48. The molecule has 5 heteroatoms. The third-order valence-corrected chi connectivity index (χ3v) is 6.27. The van der Waals surface area contributed by atoms with Crippen molar-refractivity contribution in [2.24, 2.45) is 11.8 Å². The Hall–Kier alpha value is -2.24. The quantitative estimate of drug-likeness (QED) is 0.843. The van der Waals surface area contributed by atoms with E-state index in [0.29, 0.717) is 17.9 Å². The summed E-state index contributed by atoms with van der Waals surface area (Å²) in [5.74, 6) is 0.192. The monoisotopic (exact) mass is 382 g/mol. The maximum absolute atomic E-state index is 13.8. The zero-order valence-electron chi connectivity index (χ0n) is 16.2. The van der Waals surface area contributed by atoms with Gasteiger partial charge in [0.05, 0.1) is 5.60 Å². The topological polar surface area (TPSA) is 52.6 Å². The van der Waals surface area contributed by atoms with Crippen LogP contribution in [0.4, 0.5) is 10.1 Å². The lowest BCUT2D eigenvalue weighted by molar-refractivity contribution is -0.114. The molecule has 1 saturated carbocycles. The van der Waals surface area contributed by atoms with E-state index in [0.717, 1.165) is 38.2 Å². The number of nitrogens with zero attached hydrogens (tertiary/aromatic N) is 1. The molecule has 2 aromatic rings. The van der Waals surface area contributed by atoms with Crippen molar-refractivity contribution in [3.63, 3.8) is 0 Å². The first-order valence-electron chi connectivity index (χ1n) is 10.0. The van der Waals surface area contributed by atoms with E-state index >= 15 is 0 Å². The summed E-state index contributed by atoms with van der Waals surface area (Å²) < 4.78 is 13.8. The summed E-state index contributed by atoms with van der Waals surface area (Å²) in [7, 11) is 0. The normalized spacial score (nSPS) is 27.4. The number of carbonyl (C=O) groups excluding carboxylic acids is 1. The number of halogens is 1. The molecule has 1 aliphatic heterocycles. The Labute approximate surface area is 165 Å². The molecular formula is C23H27FN2O2. The van der Waals surface area contributed by atoms with Gasteiger partial charge >= 0.3 is 0 Å². The van der Waals surface area contributed by atoms with Crippen molar-refractivity contribution in [1.82, 2.24) is 4.90 Å². The van der Waals surface area contributed by atoms with E-state index in [2.05, 4.69) is 10.2 Å². The van der Waals surface area contributed by atoms with Crippen LogP contribution in [0.5, 0.6) is 0 Å². The molecule has 0 radical (unpaired) electrons. The van der Waals surface area contributed by atoms with E-state index in [9.17, 15) is 14.3 Å². The van der Waals surface area contributed by atoms with Crippen LogP contribution in [-0.2, 0) is 16.9 Å². The first kappa shape index (κ1) is 19.1. The number of hydrogen-bond acceptors (Lipinski definition) is 3. The fourth-order valence-electron chi connectivity index (χ4n) is 5.01. The van der Waals surface area contributed by atoms with Gasteiger partial charge in [-0.25, -0.2) is 4.39 Å². The van der Waals surface area contributed by atoms with Gasteiger partial charge < -0.3 is 10.4 Å². The van der Waals surface area contributed by atoms with Gasteiger partial charge in [-0.05, 0) is 60.6 Å². The van der Waals surface area contributed by atoms with E-state index in [1.807, 2.05) is 30.3 Å². The number of fused-ring (bicyclic) bond motifs is 1. The summed E-state index contributed by atoms with van der Waals surface area (Å²) >= 11 is 0. The zero-order chi connectivity index (χ0) is 19.7. The van der Waals surface area contributed by atoms with Crippen LogP contribution in [0.2, 0.25) is 0 Å². The van der Waals surface area contributed by atoms with Crippen LogP contribution in [0.15, 0.2) is 48.5 Å². The second kappa shape index (κ2) is 7.64. The van der Waals surface area contributed by atoms with Crippen LogP contribution in [-0.4, -0.2) is 29.0 Å². The molecule has 0 bridgehead atoms. The minimum Gasteiger partial charge on any atom is -0.385 e. The van der Waals surface area contributed by atoms with E-state index in [1.165, 1.54) is 24.6 Å². The van der Waals surface area contributed by atoms with E-state index in [-0.39, 0.29) is 17.6 Å². The number of anilines is 1. The number of nitrogens with one attached hydrogen (secondary N) is 1. The highest BCUT2D eigenvalue weighted by Gasteiger charge is 2.49. The first-order chi connectivity index (χ1) is 13.4. The number of benzene rings is 2. The average molecular weight is 382 g/mol. The van der Waals surface area contributed by atoms with Gasteiger partial charge in [-0.3, -0.25) is 9.69 Å². The number of rotatable bonds is 4. The minimum atomic E-state index is -0.949. The Morgan fingerprint density at radius 2 is 2.04 bits per heavy atom. The summed E-state index contributed by atoms with van der Waals surface area (Å²) in [6, 6.07) is 14.4. The Bertz CT molecular complexity index is 854. The lowest BCUT2D eigenvalue weighted by atomic mass is 9.67. The molecule has 2 N–H and O–H groups in total. The predicted molar refractivity (Wildman–Crippen MR) is 107 cm³/mol. The molecule has 4 rings (SSSR count). The van der Waals surface area contributed by atoms with Gasteiger partial charge in [-0.1, -0.05) is 24.3 Å². The standard InChI is InChI=1S/C23H27FN2O2/c1-16(27)25-21-9-7-17(8-10-21)13-26-14-18-4-3-11-23(28,22(18)15-26)19-5-2-6-20(24)12-19/h2,5-10,12,18,22,28H,3-4,11,13-15H2,1H3,(H,25,27)/t18-,22-,23+/m1/s1. The first-order valence-corrected chi connectivity index (χ1v) is 10.0. The molecule has 1 saturated heterocycles. The van der Waals surface area contributed by atoms with Gasteiger partial charge in [-0.15, -0.1) is 0 Å². The van der Waals surface area contributed by atoms with Gasteiger partial charge in [-0.2, -0.15) is 0 Å². The third kappa shape index (κ3) is 3.82. The summed E-state index contributed by atoms with van der Waals surface area (Å²) in [4.78, 5) is 13.5. The molecule has 2 aromatic carbocycles. The third-order valence-electron chi connectivity index (χ3n) is 6.27. The molecule has 28 heavy (non-hydrogen) atoms. The fourth-order valence-corrected chi connectivity index (χ4v) is 5.01. The lowest BCUT2D eigenvalue weighted by Crippen LogP contribution is -2.42. The van der Waals surface area contributed by atoms with Crippen LogP contribution in [0.3, 0.4) is 0 Å². The van der Waals surface area contributed by atoms with Crippen molar-refractivity contribution >= 4 is 11.6 Å². The summed E-state index contributed by atoms with van der Waals surface area (Å²) in [6.45, 7) is 4.08. The molecule has 2 aliphatic rings. The SMILES string of the molecule is CC(=O)Nc1ccc(CN2C[C@H]3CCC[C@](O)(c4cccc(F)c4)[C@@H]3C2)cc1. The molecule has 1 heterocycles. The van der Waals surface area contributed by atoms with Crippen molar-refractivity contribution in [3.05, 3.63) is 65.5 Å². The van der Waals surface area contributed by atoms with Crippen LogP contribution in [0.25, 0.3) is 0 Å². The van der Waals surface area contributed by atoms with Gasteiger partial charge in [0.1, 0.15) is 5.82 Å². The van der Waals surface area contributed by atoms with Gasteiger partial charge in [0.25, 0.3) is 0 Å². The van der Waals surface area contributed by atoms with Gasteiger partial charge in [0.15, 0.2) is 0 Å². The maximum Gasteiger partial charge on any atom is 0.221 e. The zero-order valence-corrected chi connectivity index (χ0v) is 16.2. The van der Waals surface area contributed by atoms with E-state index in [1.54, 1.807) is 6.07 Å². The predicted octanol–water partition coefficient (Wildman–Crippen LogP) is 3.90. The molecule has 1 aliphatic carbocycles. The molecule has 0 spiro atoms. The van der Waals surface area contributed by atoms with E-state index in [4.69, 9.17) is 0 Å². The number of aliphatic hydroxyl groups is 1. The second-order valence-corrected chi connectivity index (χ2v) is 8.27. The molecule has 1 amide bonds. The molecular weight excluding hydrogens is 355 g/mol. The highest BCUT2D eigenvalue weighted by Crippen LogP contribution is 2.48. The number of carbonyl (C=O) groups is 1. The molecule has 0 aromatic heterocycles. The molecule has 2 fully saturated rings. The smallest absolute Gasteiger partial charge is 0.221 e. The molecule has 148 valence electrons. The summed E-state index contributed by atoms with van der Waals surface area (Å²) in [6.07, 6.45) is 2.77. The maximum atomic E-state index is 13.8. The summed E-state index contributed by atoms with van der Waals surface area (Å²) in [5, 5.41) is 14.3. The fraction of sp³-hybridized carbons (Fsp3) is 0.435. The Morgan fingerprint density at radius 1 is 1.25 bits per heavy atom.